The summed E-state index contributed by atoms with van der Waals surface area (Å²) in [4.78, 5) is 11.9. The fourth-order valence-corrected chi connectivity index (χ4v) is 1.27. The summed E-state index contributed by atoms with van der Waals surface area (Å²) in [7, 11) is 0. The highest BCUT2D eigenvalue weighted by molar-refractivity contribution is 5.95. The number of terminal acetylenes is 1. The second-order valence-corrected chi connectivity index (χ2v) is 4.52. The maximum absolute atomic E-state index is 11.9. The van der Waals surface area contributed by atoms with E-state index in [1.54, 1.807) is 13.8 Å². The van der Waals surface area contributed by atoms with E-state index >= 15 is 0 Å². The molecule has 16 heavy (non-hydrogen) atoms. The summed E-state index contributed by atoms with van der Waals surface area (Å²) < 4.78 is 0. The molecule has 1 aromatic rings. The Balaban J connectivity index is 2.91. The standard InChI is InChI=1S/C14H17NO/c1-6-14(4,5)15-13(16)12-8-7-10(2)11(3)9-12/h1,7-9H,2-5H3,(H,15,16). The van der Waals surface area contributed by atoms with Gasteiger partial charge in [0.15, 0.2) is 0 Å². The summed E-state index contributed by atoms with van der Waals surface area (Å²) in [6.45, 7) is 7.60. The van der Waals surface area contributed by atoms with Crippen molar-refractivity contribution in [2.75, 3.05) is 0 Å². The normalized spacial score (nSPS) is 10.7. The molecular weight excluding hydrogens is 198 g/mol. The van der Waals surface area contributed by atoms with Crippen molar-refractivity contribution in [1.82, 2.24) is 5.32 Å². The van der Waals surface area contributed by atoms with Gasteiger partial charge in [-0.25, -0.2) is 0 Å². The molecule has 0 saturated heterocycles. The molecule has 0 atom stereocenters. The Morgan fingerprint density at radius 1 is 1.31 bits per heavy atom. The van der Waals surface area contributed by atoms with E-state index in [0.29, 0.717) is 5.56 Å². The summed E-state index contributed by atoms with van der Waals surface area (Å²) in [5.41, 5.74) is 2.31. The van der Waals surface area contributed by atoms with Crippen LogP contribution in [0.2, 0.25) is 0 Å². The van der Waals surface area contributed by atoms with Gasteiger partial charge in [0.2, 0.25) is 0 Å². The molecule has 0 heterocycles. The molecule has 84 valence electrons. The van der Waals surface area contributed by atoms with Crippen LogP contribution in [0.4, 0.5) is 0 Å². The van der Waals surface area contributed by atoms with Crippen molar-refractivity contribution in [2.24, 2.45) is 0 Å². The van der Waals surface area contributed by atoms with Crippen LogP contribution >= 0.6 is 0 Å². The van der Waals surface area contributed by atoms with E-state index in [9.17, 15) is 4.79 Å². The topological polar surface area (TPSA) is 29.1 Å². The minimum atomic E-state index is -0.615. The third-order valence-electron chi connectivity index (χ3n) is 2.56. The Hall–Kier alpha value is -1.75. The van der Waals surface area contributed by atoms with E-state index < -0.39 is 5.54 Å². The van der Waals surface area contributed by atoms with Gasteiger partial charge in [-0.1, -0.05) is 12.0 Å². The van der Waals surface area contributed by atoms with Crippen LogP contribution in [0.25, 0.3) is 0 Å². The van der Waals surface area contributed by atoms with Gasteiger partial charge in [0.25, 0.3) is 5.91 Å². The second-order valence-electron chi connectivity index (χ2n) is 4.52. The Morgan fingerprint density at radius 3 is 2.44 bits per heavy atom. The number of nitrogens with one attached hydrogen (secondary N) is 1. The lowest BCUT2D eigenvalue weighted by Crippen LogP contribution is -2.42. The van der Waals surface area contributed by atoms with Crippen molar-refractivity contribution in [3.8, 4) is 12.3 Å². The molecule has 2 heteroatoms. The van der Waals surface area contributed by atoms with Gasteiger partial charge in [0, 0.05) is 5.56 Å². The SMILES string of the molecule is C#CC(C)(C)NC(=O)c1ccc(C)c(C)c1. The minimum Gasteiger partial charge on any atom is -0.336 e. The fourth-order valence-electron chi connectivity index (χ4n) is 1.27. The highest BCUT2D eigenvalue weighted by atomic mass is 16.1. The molecule has 1 N–H and O–H groups in total. The van der Waals surface area contributed by atoms with Gasteiger partial charge in [-0.05, 0) is 51.0 Å². The van der Waals surface area contributed by atoms with Gasteiger partial charge in [0.1, 0.15) is 0 Å². The predicted molar refractivity (Wildman–Crippen MR) is 66.3 cm³/mol. The zero-order valence-corrected chi connectivity index (χ0v) is 10.2. The first-order valence-corrected chi connectivity index (χ1v) is 5.23. The molecule has 0 aromatic heterocycles. The van der Waals surface area contributed by atoms with Gasteiger partial charge in [-0.2, -0.15) is 0 Å². The largest absolute Gasteiger partial charge is 0.336 e. The van der Waals surface area contributed by atoms with E-state index in [4.69, 9.17) is 6.42 Å². The van der Waals surface area contributed by atoms with Gasteiger partial charge in [-0.3, -0.25) is 4.79 Å². The summed E-state index contributed by atoms with van der Waals surface area (Å²) in [6, 6.07) is 5.62. The van der Waals surface area contributed by atoms with Crippen molar-refractivity contribution in [3.63, 3.8) is 0 Å². The van der Waals surface area contributed by atoms with E-state index in [-0.39, 0.29) is 5.91 Å². The minimum absolute atomic E-state index is 0.133. The van der Waals surface area contributed by atoms with Crippen molar-refractivity contribution >= 4 is 5.91 Å². The maximum atomic E-state index is 11.9. The second kappa shape index (κ2) is 4.40. The van der Waals surface area contributed by atoms with E-state index in [1.807, 2.05) is 32.0 Å². The number of carbonyl (C=O) groups excluding carboxylic acids is 1. The van der Waals surface area contributed by atoms with Crippen LogP contribution in [0.15, 0.2) is 18.2 Å². The lowest BCUT2D eigenvalue weighted by molar-refractivity contribution is 0.0930. The monoisotopic (exact) mass is 215 g/mol. The Bertz CT molecular complexity index is 452. The van der Waals surface area contributed by atoms with Crippen LogP contribution < -0.4 is 5.32 Å². The van der Waals surface area contributed by atoms with Gasteiger partial charge >= 0.3 is 0 Å². The molecule has 0 aliphatic carbocycles. The van der Waals surface area contributed by atoms with Crippen molar-refractivity contribution in [3.05, 3.63) is 34.9 Å². The number of hydrogen-bond acceptors (Lipinski definition) is 1. The Labute approximate surface area is 97.1 Å². The molecule has 0 saturated carbocycles. The molecule has 1 amide bonds. The van der Waals surface area contributed by atoms with E-state index in [2.05, 4.69) is 11.2 Å². The number of hydrogen-bond donors (Lipinski definition) is 1. The predicted octanol–water partition coefficient (Wildman–Crippen LogP) is 2.45. The number of benzene rings is 1. The molecule has 0 radical (unpaired) electrons. The highest BCUT2D eigenvalue weighted by Crippen LogP contribution is 2.11. The molecule has 1 rings (SSSR count). The van der Waals surface area contributed by atoms with Crippen molar-refractivity contribution in [2.45, 2.75) is 33.2 Å². The molecule has 0 unspecified atom stereocenters. The zero-order valence-electron chi connectivity index (χ0n) is 10.2. The van der Waals surface area contributed by atoms with Crippen LogP contribution in [0, 0.1) is 26.2 Å². The molecule has 0 aliphatic heterocycles. The molecule has 0 aliphatic rings. The van der Waals surface area contributed by atoms with Crippen LogP contribution in [-0.2, 0) is 0 Å². The van der Waals surface area contributed by atoms with Crippen molar-refractivity contribution < 1.29 is 4.79 Å². The average molecular weight is 215 g/mol. The summed E-state index contributed by atoms with van der Waals surface area (Å²) in [5, 5.41) is 2.79. The number of aryl methyl sites for hydroxylation is 2. The first-order chi connectivity index (χ1) is 7.35. The molecule has 0 fully saturated rings. The lowest BCUT2D eigenvalue weighted by atomic mass is 10.0. The van der Waals surface area contributed by atoms with Gasteiger partial charge in [0.05, 0.1) is 5.54 Å². The van der Waals surface area contributed by atoms with E-state index in [0.717, 1.165) is 5.56 Å². The van der Waals surface area contributed by atoms with Crippen molar-refractivity contribution in [1.29, 1.82) is 0 Å². The third-order valence-corrected chi connectivity index (χ3v) is 2.56. The van der Waals surface area contributed by atoms with Crippen LogP contribution in [0.3, 0.4) is 0 Å². The Morgan fingerprint density at radius 2 is 1.94 bits per heavy atom. The first kappa shape index (κ1) is 12.3. The van der Waals surface area contributed by atoms with E-state index in [1.165, 1.54) is 5.56 Å². The zero-order chi connectivity index (χ0) is 12.3. The van der Waals surface area contributed by atoms with Crippen LogP contribution in [0.5, 0.6) is 0 Å². The van der Waals surface area contributed by atoms with Crippen LogP contribution in [0.1, 0.15) is 35.3 Å². The van der Waals surface area contributed by atoms with Gasteiger partial charge < -0.3 is 5.32 Å². The molecule has 2 nitrogen and oxygen atoms in total. The first-order valence-electron chi connectivity index (χ1n) is 5.23. The highest BCUT2D eigenvalue weighted by Gasteiger charge is 2.18. The number of carbonyl (C=O) groups is 1. The molecule has 0 spiro atoms. The van der Waals surface area contributed by atoms with Crippen LogP contribution in [-0.4, -0.2) is 11.4 Å². The summed E-state index contributed by atoms with van der Waals surface area (Å²) >= 11 is 0. The smallest absolute Gasteiger partial charge is 0.252 e. The van der Waals surface area contributed by atoms with Gasteiger partial charge in [-0.15, -0.1) is 6.42 Å². The quantitative estimate of drug-likeness (QED) is 0.754. The summed E-state index contributed by atoms with van der Waals surface area (Å²) in [5.74, 6) is 2.40. The number of rotatable bonds is 2. The summed E-state index contributed by atoms with van der Waals surface area (Å²) in [6.07, 6.45) is 5.32. The Kier molecular flexibility index (Phi) is 3.39. The lowest BCUT2D eigenvalue weighted by Gasteiger charge is -2.19. The fraction of sp³-hybridized carbons (Fsp3) is 0.357. The molecule has 0 bridgehead atoms. The average Bonchev–Trinajstić information content (AvgIpc) is 2.21. The third kappa shape index (κ3) is 2.87. The molecular formula is C14H17NO. The number of amides is 1. The molecule has 1 aromatic carbocycles. The maximum Gasteiger partial charge on any atom is 0.252 e.